The molecule has 0 aromatic heterocycles. The highest BCUT2D eigenvalue weighted by Crippen LogP contribution is 2.51. The first kappa shape index (κ1) is 11.4. The van der Waals surface area contributed by atoms with E-state index in [0.717, 1.165) is 25.3 Å². The summed E-state index contributed by atoms with van der Waals surface area (Å²) in [4.78, 5) is 0. The smallest absolute Gasteiger partial charge is 0.0693 e. The summed E-state index contributed by atoms with van der Waals surface area (Å²) >= 11 is 0. The van der Waals surface area contributed by atoms with Crippen molar-refractivity contribution in [2.45, 2.75) is 64.5 Å². The molecule has 0 radical (unpaired) electrons. The van der Waals surface area contributed by atoms with Crippen molar-refractivity contribution in [3.8, 4) is 0 Å². The molecule has 2 aliphatic carbocycles. The van der Waals surface area contributed by atoms with Crippen LogP contribution in [0.5, 0.6) is 0 Å². The van der Waals surface area contributed by atoms with Crippen LogP contribution in [0.1, 0.15) is 52.4 Å². The molecule has 0 aromatic carbocycles. The van der Waals surface area contributed by atoms with Crippen LogP contribution in [0.3, 0.4) is 0 Å². The van der Waals surface area contributed by atoms with Crippen LogP contribution >= 0.6 is 0 Å². The Morgan fingerprint density at radius 1 is 1.27 bits per heavy atom. The standard InChI is InChI=1S/C13H25NO/c1-10(2)13(7-8-13)9-14-11-5-3-4-6-12(11)15/h10-12,14-15H,3-9H2,1-2H3. The van der Waals surface area contributed by atoms with Crippen molar-refractivity contribution in [3.05, 3.63) is 0 Å². The first-order valence-electron chi connectivity index (χ1n) is 6.55. The number of nitrogens with one attached hydrogen (secondary N) is 1. The highest BCUT2D eigenvalue weighted by molar-refractivity contribution is 4.98. The zero-order valence-corrected chi connectivity index (χ0v) is 10.1. The predicted octanol–water partition coefficient (Wildman–Crippen LogP) is 2.32. The third-order valence-electron chi connectivity index (χ3n) is 4.56. The largest absolute Gasteiger partial charge is 0.392 e. The van der Waals surface area contributed by atoms with Crippen LogP contribution in [0.4, 0.5) is 0 Å². The van der Waals surface area contributed by atoms with E-state index in [-0.39, 0.29) is 6.10 Å². The normalized spacial score (nSPS) is 34.4. The fourth-order valence-electron chi connectivity index (χ4n) is 2.80. The second-order valence-electron chi connectivity index (χ2n) is 5.86. The Morgan fingerprint density at radius 2 is 1.93 bits per heavy atom. The van der Waals surface area contributed by atoms with Crippen LogP contribution < -0.4 is 5.32 Å². The van der Waals surface area contributed by atoms with E-state index in [1.165, 1.54) is 25.7 Å². The second kappa shape index (κ2) is 4.42. The molecular formula is C13H25NO. The van der Waals surface area contributed by atoms with Crippen LogP contribution in [0, 0.1) is 11.3 Å². The van der Waals surface area contributed by atoms with E-state index in [1.807, 2.05) is 0 Å². The zero-order chi connectivity index (χ0) is 10.9. The minimum absolute atomic E-state index is 0.0956. The molecule has 2 unspecified atom stereocenters. The van der Waals surface area contributed by atoms with Crippen molar-refractivity contribution in [2.24, 2.45) is 11.3 Å². The number of aliphatic hydroxyl groups is 1. The SMILES string of the molecule is CC(C)C1(CNC2CCCCC2O)CC1. The molecule has 15 heavy (non-hydrogen) atoms. The van der Waals surface area contributed by atoms with Crippen LogP contribution in [0.25, 0.3) is 0 Å². The first-order valence-corrected chi connectivity index (χ1v) is 6.55. The van der Waals surface area contributed by atoms with E-state index in [2.05, 4.69) is 19.2 Å². The van der Waals surface area contributed by atoms with Gasteiger partial charge in [-0.1, -0.05) is 26.7 Å². The zero-order valence-electron chi connectivity index (χ0n) is 10.1. The summed E-state index contributed by atoms with van der Waals surface area (Å²) in [6.45, 7) is 5.77. The van der Waals surface area contributed by atoms with Gasteiger partial charge in [0.25, 0.3) is 0 Å². The highest BCUT2D eigenvalue weighted by atomic mass is 16.3. The maximum absolute atomic E-state index is 9.86. The Morgan fingerprint density at radius 3 is 2.47 bits per heavy atom. The van der Waals surface area contributed by atoms with Gasteiger partial charge in [0.2, 0.25) is 0 Å². The van der Waals surface area contributed by atoms with E-state index >= 15 is 0 Å². The Bertz CT molecular complexity index is 211. The fourth-order valence-corrected chi connectivity index (χ4v) is 2.80. The van der Waals surface area contributed by atoms with E-state index in [1.54, 1.807) is 0 Å². The van der Waals surface area contributed by atoms with Gasteiger partial charge in [0.1, 0.15) is 0 Å². The molecule has 0 saturated heterocycles. The predicted molar refractivity (Wildman–Crippen MR) is 62.8 cm³/mol. The first-order chi connectivity index (χ1) is 7.14. The van der Waals surface area contributed by atoms with Crippen molar-refractivity contribution in [1.29, 1.82) is 0 Å². The molecule has 2 atom stereocenters. The van der Waals surface area contributed by atoms with Crippen molar-refractivity contribution in [3.63, 3.8) is 0 Å². The number of rotatable bonds is 4. The molecule has 2 saturated carbocycles. The topological polar surface area (TPSA) is 32.3 Å². The summed E-state index contributed by atoms with van der Waals surface area (Å²) in [6.07, 6.45) is 7.29. The Hall–Kier alpha value is -0.0800. The molecule has 2 fully saturated rings. The molecular weight excluding hydrogens is 186 g/mol. The summed E-state index contributed by atoms with van der Waals surface area (Å²) in [5.74, 6) is 0.783. The summed E-state index contributed by atoms with van der Waals surface area (Å²) in [5.41, 5.74) is 0.567. The molecule has 0 aromatic rings. The molecule has 0 spiro atoms. The molecule has 0 bridgehead atoms. The third-order valence-corrected chi connectivity index (χ3v) is 4.56. The van der Waals surface area contributed by atoms with Gasteiger partial charge in [-0.3, -0.25) is 0 Å². The van der Waals surface area contributed by atoms with Crippen molar-refractivity contribution >= 4 is 0 Å². The summed E-state index contributed by atoms with van der Waals surface area (Å²) in [5, 5.41) is 13.5. The molecule has 0 heterocycles. The minimum atomic E-state index is -0.0956. The van der Waals surface area contributed by atoms with Crippen molar-refractivity contribution < 1.29 is 5.11 Å². The van der Waals surface area contributed by atoms with E-state index in [0.29, 0.717) is 11.5 Å². The summed E-state index contributed by atoms with van der Waals surface area (Å²) in [6, 6.07) is 0.370. The Balaban J connectivity index is 1.77. The highest BCUT2D eigenvalue weighted by Gasteiger charge is 2.45. The van der Waals surface area contributed by atoms with Crippen molar-refractivity contribution in [1.82, 2.24) is 5.32 Å². The van der Waals surface area contributed by atoms with Gasteiger partial charge in [-0.2, -0.15) is 0 Å². The minimum Gasteiger partial charge on any atom is -0.392 e. The van der Waals surface area contributed by atoms with Gasteiger partial charge in [-0.05, 0) is 37.0 Å². The summed E-state index contributed by atoms with van der Waals surface area (Å²) in [7, 11) is 0. The molecule has 88 valence electrons. The maximum Gasteiger partial charge on any atom is 0.0693 e. The number of hydrogen-bond donors (Lipinski definition) is 2. The molecule has 2 rings (SSSR count). The van der Waals surface area contributed by atoms with Gasteiger partial charge in [0.05, 0.1) is 6.10 Å². The second-order valence-corrected chi connectivity index (χ2v) is 5.86. The van der Waals surface area contributed by atoms with Gasteiger partial charge in [0.15, 0.2) is 0 Å². The van der Waals surface area contributed by atoms with Gasteiger partial charge in [-0.25, -0.2) is 0 Å². The molecule has 2 N–H and O–H groups in total. The van der Waals surface area contributed by atoms with Gasteiger partial charge >= 0.3 is 0 Å². The lowest BCUT2D eigenvalue weighted by Gasteiger charge is -2.31. The molecule has 0 amide bonds. The Labute approximate surface area is 93.5 Å². The van der Waals surface area contributed by atoms with E-state index < -0.39 is 0 Å². The molecule has 0 aliphatic heterocycles. The van der Waals surface area contributed by atoms with Crippen LogP contribution in [-0.2, 0) is 0 Å². The third kappa shape index (κ3) is 2.54. The molecule has 2 heteroatoms. The van der Waals surface area contributed by atoms with Gasteiger partial charge in [0, 0.05) is 12.6 Å². The lowest BCUT2D eigenvalue weighted by atomic mass is 9.89. The van der Waals surface area contributed by atoms with Crippen LogP contribution in [0.15, 0.2) is 0 Å². The maximum atomic E-state index is 9.86. The quantitative estimate of drug-likeness (QED) is 0.748. The van der Waals surface area contributed by atoms with Crippen molar-refractivity contribution in [2.75, 3.05) is 6.54 Å². The lowest BCUT2D eigenvalue weighted by molar-refractivity contribution is 0.0862. The summed E-state index contributed by atoms with van der Waals surface area (Å²) < 4.78 is 0. The van der Waals surface area contributed by atoms with E-state index in [4.69, 9.17) is 0 Å². The van der Waals surface area contributed by atoms with Crippen LogP contribution in [0.2, 0.25) is 0 Å². The lowest BCUT2D eigenvalue weighted by Crippen LogP contribution is -2.45. The average molecular weight is 211 g/mol. The van der Waals surface area contributed by atoms with E-state index in [9.17, 15) is 5.11 Å². The van der Waals surface area contributed by atoms with Gasteiger partial charge in [-0.15, -0.1) is 0 Å². The average Bonchev–Trinajstić information content (AvgIpc) is 2.98. The number of hydrogen-bond acceptors (Lipinski definition) is 2. The van der Waals surface area contributed by atoms with Gasteiger partial charge < -0.3 is 10.4 Å². The fraction of sp³-hybridized carbons (Fsp3) is 1.00. The molecule has 2 aliphatic rings. The Kier molecular flexibility index (Phi) is 3.36. The monoisotopic (exact) mass is 211 g/mol. The van der Waals surface area contributed by atoms with Crippen LogP contribution in [-0.4, -0.2) is 23.8 Å². The number of aliphatic hydroxyl groups excluding tert-OH is 1. The molecule has 2 nitrogen and oxygen atoms in total.